The van der Waals surface area contributed by atoms with Crippen molar-refractivity contribution in [3.63, 3.8) is 0 Å². The summed E-state index contributed by atoms with van der Waals surface area (Å²) in [6.07, 6.45) is 1.63. The number of hydrogen-bond acceptors (Lipinski definition) is 5. The molecule has 0 amide bonds. The molecule has 104 valence electrons. The van der Waals surface area contributed by atoms with Crippen molar-refractivity contribution in [2.24, 2.45) is 5.73 Å². The van der Waals surface area contributed by atoms with Crippen molar-refractivity contribution in [2.45, 2.75) is 26.8 Å². The van der Waals surface area contributed by atoms with Gasteiger partial charge in [-0.2, -0.15) is 0 Å². The Labute approximate surface area is 118 Å². The van der Waals surface area contributed by atoms with Crippen LogP contribution in [0.2, 0.25) is 0 Å². The number of ether oxygens (including phenoxy) is 1. The number of esters is 1. The molecule has 0 fully saturated rings. The van der Waals surface area contributed by atoms with Crippen LogP contribution in [0.3, 0.4) is 0 Å². The second-order valence-electron chi connectivity index (χ2n) is 4.29. The van der Waals surface area contributed by atoms with Crippen molar-refractivity contribution in [2.75, 3.05) is 18.1 Å². The van der Waals surface area contributed by atoms with Crippen LogP contribution in [0.25, 0.3) is 0 Å². The zero-order valence-corrected chi connectivity index (χ0v) is 12.2. The van der Waals surface area contributed by atoms with Crippen molar-refractivity contribution in [3.05, 3.63) is 24.0 Å². The summed E-state index contributed by atoms with van der Waals surface area (Å²) in [5.74, 6) is -0.259. The first-order valence-electron chi connectivity index (χ1n) is 6.13. The molecule has 5 nitrogen and oxygen atoms in total. The second-order valence-corrected chi connectivity index (χ2v) is 4.73. The SMILES string of the molecule is CCOC(=O)CN(c1ccnc(C(N)=S)c1)C(C)C. The number of thiocarbonyl (C=S) groups is 1. The summed E-state index contributed by atoms with van der Waals surface area (Å²) in [6.45, 7) is 6.35. The van der Waals surface area contributed by atoms with Gasteiger partial charge in [-0.3, -0.25) is 9.78 Å². The monoisotopic (exact) mass is 281 g/mol. The summed E-state index contributed by atoms with van der Waals surface area (Å²) in [5.41, 5.74) is 6.96. The molecule has 6 heteroatoms. The first-order valence-corrected chi connectivity index (χ1v) is 6.54. The Kier molecular flexibility index (Phi) is 5.69. The average molecular weight is 281 g/mol. The highest BCUT2D eigenvalue weighted by atomic mass is 32.1. The molecule has 1 aromatic rings. The van der Waals surface area contributed by atoms with Gasteiger partial charge in [0, 0.05) is 17.9 Å². The van der Waals surface area contributed by atoms with Crippen molar-refractivity contribution in [1.29, 1.82) is 0 Å². The molecule has 1 heterocycles. The molecule has 0 spiro atoms. The van der Waals surface area contributed by atoms with Crippen LogP contribution >= 0.6 is 12.2 Å². The lowest BCUT2D eigenvalue weighted by molar-refractivity contribution is -0.141. The predicted molar refractivity (Wildman–Crippen MR) is 79.2 cm³/mol. The first-order chi connectivity index (χ1) is 8.95. The molecule has 1 aromatic heterocycles. The number of anilines is 1. The maximum atomic E-state index is 11.6. The summed E-state index contributed by atoms with van der Waals surface area (Å²) >= 11 is 4.91. The third-order valence-electron chi connectivity index (χ3n) is 2.56. The fourth-order valence-electron chi connectivity index (χ4n) is 1.65. The Bertz CT molecular complexity index is 463. The van der Waals surface area contributed by atoms with Crippen LogP contribution in [0.4, 0.5) is 5.69 Å². The van der Waals surface area contributed by atoms with Gasteiger partial charge in [0.1, 0.15) is 11.5 Å². The molecular weight excluding hydrogens is 262 g/mol. The van der Waals surface area contributed by atoms with Gasteiger partial charge >= 0.3 is 5.97 Å². The Morgan fingerprint density at radius 1 is 1.58 bits per heavy atom. The van der Waals surface area contributed by atoms with Crippen LogP contribution in [0.15, 0.2) is 18.3 Å². The standard InChI is InChI=1S/C13H19N3O2S/c1-4-18-12(17)8-16(9(2)3)10-5-6-15-11(7-10)13(14)19/h5-7,9H,4,8H2,1-3H3,(H2,14,19). The average Bonchev–Trinajstić information content (AvgIpc) is 2.36. The lowest BCUT2D eigenvalue weighted by Crippen LogP contribution is -2.36. The Morgan fingerprint density at radius 3 is 2.79 bits per heavy atom. The number of nitrogens with two attached hydrogens (primary N) is 1. The zero-order chi connectivity index (χ0) is 14.4. The molecule has 0 aliphatic heterocycles. The smallest absolute Gasteiger partial charge is 0.325 e. The number of aromatic nitrogens is 1. The largest absolute Gasteiger partial charge is 0.465 e. The number of nitrogens with zero attached hydrogens (tertiary/aromatic N) is 2. The Hall–Kier alpha value is -1.69. The van der Waals surface area contributed by atoms with Gasteiger partial charge in [-0.15, -0.1) is 0 Å². The van der Waals surface area contributed by atoms with E-state index in [9.17, 15) is 4.79 Å². The van der Waals surface area contributed by atoms with Crippen LogP contribution < -0.4 is 10.6 Å². The maximum absolute atomic E-state index is 11.6. The van der Waals surface area contributed by atoms with Gasteiger partial charge in [-0.25, -0.2) is 0 Å². The molecule has 2 N–H and O–H groups in total. The molecule has 0 unspecified atom stereocenters. The van der Waals surface area contributed by atoms with Crippen LogP contribution in [0.1, 0.15) is 26.5 Å². The minimum Gasteiger partial charge on any atom is -0.465 e. The number of hydrogen-bond donors (Lipinski definition) is 1. The quantitative estimate of drug-likeness (QED) is 0.629. The fraction of sp³-hybridized carbons (Fsp3) is 0.462. The molecule has 1 rings (SSSR count). The van der Waals surface area contributed by atoms with Crippen LogP contribution in [-0.4, -0.2) is 35.1 Å². The van der Waals surface area contributed by atoms with E-state index in [0.29, 0.717) is 12.3 Å². The van der Waals surface area contributed by atoms with E-state index >= 15 is 0 Å². The molecule has 0 radical (unpaired) electrons. The van der Waals surface area contributed by atoms with Gasteiger partial charge < -0.3 is 15.4 Å². The Morgan fingerprint density at radius 2 is 2.26 bits per heavy atom. The predicted octanol–water partition coefficient (Wildman–Crippen LogP) is 1.49. The summed E-state index contributed by atoms with van der Waals surface area (Å²) in [4.78, 5) is 17.9. The van der Waals surface area contributed by atoms with Gasteiger partial charge in [-0.05, 0) is 32.9 Å². The molecule has 19 heavy (non-hydrogen) atoms. The highest BCUT2D eigenvalue weighted by Gasteiger charge is 2.16. The van der Waals surface area contributed by atoms with E-state index in [0.717, 1.165) is 5.69 Å². The van der Waals surface area contributed by atoms with E-state index in [-0.39, 0.29) is 23.5 Å². The maximum Gasteiger partial charge on any atom is 0.325 e. The van der Waals surface area contributed by atoms with Crippen LogP contribution in [-0.2, 0) is 9.53 Å². The van der Waals surface area contributed by atoms with Gasteiger partial charge in [0.15, 0.2) is 0 Å². The molecule has 0 saturated carbocycles. The van der Waals surface area contributed by atoms with Crippen molar-refractivity contribution < 1.29 is 9.53 Å². The minimum absolute atomic E-state index is 0.144. The first kappa shape index (κ1) is 15.4. The van der Waals surface area contributed by atoms with E-state index in [1.807, 2.05) is 24.8 Å². The molecule has 0 aromatic carbocycles. The molecule has 0 bridgehead atoms. The van der Waals surface area contributed by atoms with Gasteiger partial charge in [0.05, 0.1) is 12.3 Å². The number of carbonyl (C=O) groups excluding carboxylic acids is 1. The molecule has 0 aliphatic carbocycles. The van der Waals surface area contributed by atoms with Crippen LogP contribution in [0, 0.1) is 0 Å². The van der Waals surface area contributed by atoms with Crippen molar-refractivity contribution >= 4 is 28.9 Å². The van der Waals surface area contributed by atoms with E-state index in [2.05, 4.69) is 4.98 Å². The highest BCUT2D eigenvalue weighted by Crippen LogP contribution is 2.17. The van der Waals surface area contributed by atoms with Gasteiger partial charge in [0.2, 0.25) is 0 Å². The van der Waals surface area contributed by atoms with Gasteiger partial charge in [0.25, 0.3) is 0 Å². The second kappa shape index (κ2) is 7.04. The third kappa shape index (κ3) is 4.48. The fourth-order valence-corrected chi connectivity index (χ4v) is 1.76. The van der Waals surface area contributed by atoms with E-state index in [4.69, 9.17) is 22.7 Å². The molecular formula is C13H19N3O2S. The van der Waals surface area contributed by atoms with Crippen LogP contribution in [0.5, 0.6) is 0 Å². The molecule has 0 aliphatic rings. The van der Waals surface area contributed by atoms with E-state index in [1.165, 1.54) is 0 Å². The van der Waals surface area contributed by atoms with Crippen molar-refractivity contribution in [3.8, 4) is 0 Å². The summed E-state index contributed by atoms with van der Waals surface area (Å²) in [6, 6.07) is 3.74. The van der Waals surface area contributed by atoms with E-state index in [1.54, 1.807) is 19.2 Å². The van der Waals surface area contributed by atoms with Gasteiger partial charge in [-0.1, -0.05) is 12.2 Å². The van der Waals surface area contributed by atoms with Crippen molar-refractivity contribution in [1.82, 2.24) is 4.98 Å². The lowest BCUT2D eigenvalue weighted by atomic mass is 10.2. The lowest BCUT2D eigenvalue weighted by Gasteiger charge is -2.28. The normalized spacial score (nSPS) is 10.3. The third-order valence-corrected chi connectivity index (χ3v) is 2.76. The number of rotatable bonds is 6. The number of pyridine rings is 1. The molecule has 0 saturated heterocycles. The zero-order valence-electron chi connectivity index (χ0n) is 11.4. The highest BCUT2D eigenvalue weighted by molar-refractivity contribution is 7.80. The minimum atomic E-state index is -0.259. The number of carbonyl (C=O) groups is 1. The Balaban J connectivity index is 2.96. The summed E-state index contributed by atoms with van der Waals surface area (Å²) in [5, 5.41) is 0. The molecule has 0 atom stereocenters. The summed E-state index contributed by atoms with van der Waals surface area (Å²) < 4.78 is 4.98. The topological polar surface area (TPSA) is 68.5 Å². The van der Waals surface area contributed by atoms with E-state index < -0.39 is 0 Å². The summed E-state index contributed by atoms with van der Waals surface area (Å²) in [7, 11) is 0.